The molecular weight excluding hydrogens is 314 g/mol. The van der Waals surface area contributed by atoms with E-state index >= 15 is 0 Å². The van der Waals surface area contributed by atoms with Gasteiger partial charge in [0.1, 0.15) is 6.33 Å². The Morgan fingerprint density at radius 2 is 1.84 bits per heavy atom. The predicted molar refractivity (Wildman–Crippen MR) is 94.9 cm³/mol. The Kier molecular flexibility index (Phi) is 4.29. The molecule has 0 N–H and O–H groups in total. The average Bonchev–Trinajstić information content (AvgIpc) is 3.23. The number of carbonyl (C=O) groups excluding carboxylic acids is 1. The van der Waals surface area contributed by atoms with E-state index < -0.39 is 0 Å². The molecule has 2 aliphatic heterocycles. The molecule has 2 saturated heterocycles. The van der Waals surface area contributed by atoms with E-state index in [4.69, 9.17) is 0 Å². The largest absolute Gasteiger partial charge is 0.336 e. The first kappa shape index (κ1) is 16.3. The summed E-state index contributed by atoms with van der Waals surface area (Å²) in [5.74, 6) is 0.283. The van der Waals surface area contributed by atoms with Crippen LogP contribution in [0.1, 0.15) is 35.4 Å². The van der Waals surface area contributed by atoms with E-state index in [-0.39, 0.29) is 5.91 Å². The number of carbonyl (C=O) groups is 1. The summed E-state index contributed by atoms with van der Waals surface area (Å²) in [5.41, 5.74) is 1.76. The smallest absolute Gasteiger partial charge is 0.293 e. The molecule has 3 heterocycles. The van der Waals surface area contributed by atoms with Crippen LogP contribution in [0.25, 0.3) is 0 Å². The highest BCUT2D eigenvalue weighted by molar-refractivity contribution is 5.90. The molecule has 1 aromatic heterocycles. The molecule has 0 unspecified atom stereocenters. The second-order valence-electron chi connectivity index (χ2n) is 7.48. The molecule has 6 heteroatoms. The van der Waals surface area contributed by atoms with Crippen molar-refractivity contribution in [2.24, 2.45) is 12.5 Å². The first-order chi connectivity index (χ1) is 12.1. The summed E-state index contributed by atoms with van der Waals surface area (Å²) in [6.45, 7) is 4.96. The monoisotopic (exact) mass is 339 g/mol. The molecule has 132 valence electrons. The van der Waals surface area contributed by atoms with Gasteiger partial charge in [-0.3, -0.25) is 14.4 Å². The van der Waals surface area contributed by atoms with Crippen LogP contribution in [0.5, 0.6) is 0 Å². The van der Waals surface area contributed by atoms with Gasteiger partial charge in [-0.15, -0.1) is 5.10 Å². The van der Waals surface area contributed by atoms with Crippen molar-refractivity contribution in [2.75, 3.05) is 26.2 Å². The molecule has 6 nitrogen and oxygen atoms in total. The van der Waals surface area contributed by atoms with E-state index in [0.29, 0.717) is 11.2 Å². The topological polar surface area (TPSA) is 54.3 Å². The van der Waals surface area contributed by atoms with Crippen LogP contribution in [0, 0.1) is 5.41 Å². The van der Waals surface area contributed by atoms with Crippen molar-refractivity contribution in [1.29, 1.82) is 0 Å². The van der Waals surface area contributed by atoms with Crippen LogP contribution < -0.4 is 0 Å². The number of aromatic nitrogens is 3. The summed E-state index contributed by atoms with van der Waals surface area (Å²) in [7, 11) is 1.79. The highest BCUT2D eigenvalue weighted by atomic mass is 16.2. The Bertz CT molecular complexity index is 733. The molecule has 0 aliphatic carbocycles. The molecule has 1 spiro atoms. The van der Waals surface area contributed by atoms with E-state index in [1.165, 1.54) is 12.0 Å². The number of nitrogens with zero attached hydrogens (tertiary/aromatic N) is 5. The molecular formula is C19H25N5O. The molecule has 2 fully saturated rings. The third-order valence-electron chi connectivity index (χ3n) is 5.67. The maximum atomic E-state index is 12.5. The highest BCUT2D eigenvalue weighted by Crippen LogP contribution is 2.40. The fraction of sp³-hybridized carbons (Fsp3) is 0.526. The third kappa shape index (κ3) is 3.44. The number of piperidine rings is 1. The number of benzene rings is 1. The standard InChI is InChI=1S/C19H25N5O/c1-22-15-20-17(21-22)18(25)24-11-8-19(9-12-24)7-10-23(14-19)13-16-5-3-2-4-6-16/h2-6,15H,7-14H2,1H3. The van der Waals surface area contributed by atoms with Crippen molar-refractivity contribution in [3.8, 4) is 0 Å². The SMILES string of the molecule is Cn1cnc(C(=O)N2CCC3(CCN(Cc4ccccc4)C3)CC2)n1. The second-order valence-corrected chi connectivity index (χ2v) is 7.48. The summed E-state index contributed by atoms with van der Waals surface area (Å²) in [6.07, 6.45) is 4.98. The van der Waals surface area contributed by atoms with Crippen LogP contribution >= 0.6 is 0 Å². The number of amides is 1. The lowest BCUT2D eigenvalue weighted by Crippen LogP contribution is -2.44. The van der Waals surface area contributed by atoms with Gasteiger partial charge in [0.15, 0.2) is 0 Å². The molecule has 1 aromatic carbocycles. The third-order valence-corrected chi connectivity index (χ3v) is 5.67. The van der Waals surface area contributed by atoms with Crippen molar-refractivity contribution >= 4 is 5.91 Å². The van der Waals surface area contributed by atoms with Crippen LogP contribution in [-0.4, -0.2) is 56.7 Å². The van der Waals surface area contributed by atoms with Gasteiger partial charge >= 0.3 is 0 Å². The minimum Gasteiger partial charge on any atom is -0.336 e. The summed E-state index contributed by atoms with van der Waals surface area (Å²) in [5, 5.41) is 4.14. The summed E-state index contributed by atoms with van der Waals surface area (Å²) >= 11 is 0. The van der Waals surface area contributed by atoms with E-state index in [0.717, 1.165) is 45.6 Å². The summed E-state index contributed by atoms with van der Waals surface area (Å²) in [4.78, 5) is 21.1. The Morgan fingerprint density at radius 1 is 1.12 bits per heavy atom. The van der Waals surface area contributed by atoms with Crippen LogP contribution in [0.3, 0.4) is 0 Å². The number of aryl methyl sites for hydroxylation is 1. The van der Waals surface area contributed by atoms with Crippen molar-refractivity contribution < 1.29 is 4.79 Å². The number of rotatable bonds is 3. The van der Waals surface area contributed by atoms with Crippen LogP contribution in [-0.2, 0) is 13.6 Å². The first-order valence-electron chi connectivity index (χ1n) is 9.05. The fourth-order valence-electron chi connectivity index (χ4n) is 4.18. The number of hydrogen-bond acceptors (Lipinski definition) is 4. The van der Waals surface area contributed by atoms with Crippen molar-refractivity contribution in [3.63, 3.8) is 0 Å². The molecule has 25 heavy (non-hydrogen) atoms. The Hall–Kier alpha value is -2.21. The van der Waals surface area contributed by atoms with E-state index in [1.807, 2.05) is 4.90 Å². The zero-order valence-corrected chi connectivity index (χ0v) is 14.8. The zero-order chi connectivity index (χ0) is 17.3. The van der Waals surface area contributed by atoms with E-state index in [2.05, 4.69) is 45.3 Å². The lowest BCUT2D eigenvalue weighted by Gasteiger charge is -2.39. The van der Waals surface area contributed by atoms with Crippen molar-refractivity contribution in [3.05, 3.63) is 48.0 Å². The molecule has 0 bridgehead atoms. The van der Waals surface area contributed by atoms with Crippen molar-refractivity contribution in [2.45, 2.75) is 25.8 Å². The normalized spacial score (nSPS) is 20.3. The first-order valence-corrected chi connectivity index (χ1v) is 9.05. The Morgan fingerprint density at radius 3 is 2.52 bits per heavy atom. The second kappa shape index (κ2) is 6.59. The quantitative estimate of drug-likeness (QED) is 0.858. The van der Waals surface area contributed by atoms with E-state index in [1.54, 1.807) is 18.1 Å². The van der Waals surface area contributed by atoms with Gasteiger partial charge in [-0.1, -0.05) is 30.3 Å². The lowest BCUT2D eigenvalue weighted by atomic mass is 9.78. The van der Waals surface area contributed by atoms with Gasteiger partial charge in [-0.25, -0.2) is 4.98 Å². The molecule has 0 radical (unpaired) electrons. The van der Waals surface area contributed by atoms with Crippen LogP contribution in [0.2, 0.25) is 0 Å². The van der Waals surface area contributed by atoms with Gasteiger partial charge < -0.3 is 4.90 Å². The van der Waals surface area contributed by atoms with Gasteiger partial charge in [0, 0.05) is 33.2 Å². The zero-order valence-electron chi connectivity index (χ0n) is 14.8. The van der Waals surface area contributed by atoms with Gasteiger partial charge in [-0.2, -0.15) is 0 Å². The van der Waals surface area contributed by atoms with Gasteiger partial charge in [0.25, 0.3) is 5.91 Å². The Balaban J connectivity index is 1.33. The van der Waals surface area contributed by atoms with E-state index in [9.17, 15) is 4.79 Å². The van der Waals surface area contributed by atoms with Gasteiger partial charge in [-0.05, 0) is 36.8 Å². The molecule has 1 amide bonds. The molecule has 0 saturated carbocycles. The minimum atomic E-state index is -0.0328. The summed E-state index contributed by atoms with van der Waals surface area (Å²) < 4.78 is 1.58. The number of likely N-dealkylation sites (tertiary alicyclic amines) is 2. The van der Waals surface area contributed by atoms with Crippen molar-refractivity contribution in [1.82, 2.24) is 24.6 Å². The van der Waals surface area contributed by atoms with Gasteiger partial charge in [0.05, 0.1) is 0 Å². The summed E-state index contributed by atoms with van der Waals surface area (Å²) in [6, 6.07) is 10.7. The predicted octanol–water partition coefficient (Wildman–Crippen LogP) is 1.94. The lowest BCUT2D eigenvalue weighted by molar-refractivity contribution is 0.0576. The van der Waals surface area contributed by atoms with Crippen LogP contribution in [0.4, 0.5) is 0 Å². The molecule has 2 aromatic rings. The highest BCUT2D eigenvalue weighted by Gasteiger charge is 2.41. The maximum absolute atomic E-state index is 12.5. The maximum Gasteiger partial charge on any atom is 0.293 e. The number of hydrogen-bond donors (Lipinski definition) is 0. The molecule has 4 rings (SSSR count). The average molecular weight is 339 g/mol. The Labute approximate surface area is 148 Å². The van der Waals surface area contributed by atoms with Gasteiger partial charge in [0.2, 0.25) is 5.82 Å². The fourth-order valence-corrected chi connectivity index (χ4v) is 4.18. The molecule has 2 aliphatic rings. The molecule has 0 atom stereocenters. The van der Waals surface area contributed by atoms with Crippen LogP contribution in [0.15, 0.2) is 36.7 Å². The minimum absolute atomic E-state index is 0.0328.